The van der Waals surface area contributed by atoms with Crippen molar-refractivity contribution in [3.05, 3.63) is 42.7 Å². The van der Waals surface area contributed by atoms with Crippen LogP contribution in [-0.4, -0.2) is 4.57 Å². The number of aromatic nitrogens is 1. The third kappa shape index (κ3) is 1.35. The second kappa shape index (κ2) is 3.01. The molecule has 0 saturated carbocycles. The van der Waals surface area contributed by atoms with Crippen molar-refractivity contribution in [2.24, 2.45) is 12.0 Å². The first kappa shape index (κ1) is 6.81. The summed E-state index contributed by atoms with van der Waals surface area (Å²) in [4.78, 5) is 4.03. The lowest BCUT2D eigenvalue weighted by Gasteiger charge is -1.94. The van der Waals surface area contributed by atoms with Gasteiger partial charge in [0, 0.05) is 19.4 Å². The van der Waals surface area contributed by atoms with E-state index in [4.69, 9.17) is 0 Å². The number of hydrogen-bond acceptors (Lipinski definition) is 1. The van der Waals surface area contributed by atoms with Gasteiger partial charge in [-0.25, -0.2) is 4.99 Å². The minimum atomic E-state index is 0.914. The Hall–Kier alpha value is -1.31. The normalized spacial score (nSPS) is 11.5. The fourth-order valence-electron chi connectivity index (χ4n) is 0.742. The molecule has 0 bridgehead atoms. The molecule has 0 N–H and O–H groups in total. The van der Waals surface area contributed by atoms with Crippen molar-refractivity contribution in [3.63, 3.8) is 0 Å². The highest BCUT2D eigenvalue weighted by molar-refractivity contribution is 4.92. The molecular formula is C8H10N2. The number of nitrogens with zero attached hydrogens (tertiary/aromatic N) is 2. The van der Waals surface area contributed by atoms with E-state index in [1.165, 1.54) is 6.20 Å². The molecular weight excluding hydrogens is 124 g/mol. The molecule has 1 aromatic heterocycles. The standard InChI is InChI=1S/C8H10N2/c1-3-9-8-6-4-5-7-10(8)2/h3-7H,1H2,2H3. The van der Waals surface area contributed by atoms with Crippen LogP contribution >= 0.6 is 0 Å². The Kier molecular flexibility index (Phi) is 2.05. The molecule has 0 fully saturated rings. The van der Waals surface area contributed by atoms with Crippen molar-refractivity contribution >= 4 is 0 Å². The second-order valence-corrected chi connectivity index (χ2v) is 1.98. The van der Waals surface area contributed by atoms with Gasteiger partial charge in [0.2, 0.25) is 0 Å². The van der Waals surface area contributed by atoms with Gasteiger partial charge < -0.3 is 4.57 Å². The SMILES string of the molecule is C=CN=c1ccccn1C. The van der Waals surface area contributed by atoms with Gasteiger partial charge in [0.15, 0.2) is 0 Å². The first-order valence-corrected chi connectivity index (χ1v) is 3.11. The van der Waals surface area contributed by atoms with Crippen molar-refractivity contribution in [3.8, 4) is 0 Å². The first-order valence-electron chi connectivity index (χ1n) is 3.11. The highest BCUT2D eigenvalue weighted by Crippen LogP contribution is 1.76. The summed E-state index contributed by atoms with van der Waals surface area (Å²) in [5.41, 5.74) is 0.914. The van der Waals surface area contributed by atoms with Crippen molar-refractivity contribution in [1.29, 1.82) is 0 Å². The highest BCUT2D eigenvalue weighted by Gasteiger charge is 1.79. The van der Waals surface area contributed by atoms with Crippen LogP contribution in [-0.2, 0) is 7.05 Å². The average molecular weight is 134 g/mol. The van der Waals surface area contributed by atoms with E-state index in [0.29, 0.717) is 0 Å². The van der Waals surface area contributed by atoms with E-state index in [0.717, 1.165) is 5.49 Å². The predicted octanol–water partition coefficient (Wildman–Crippen LogP) is 1.07. The maximum absolute atomic E-state index is 4.03. The first-order chi connectivity index (χ1) is 4.84. The molecule has 2 heteroatoms. The third-order valence-electron chi connectivity index (χ3n) is 1.25. The van der Waals surface area contributed by atoms with Gasteiger partial charge in [-0.15, -0.1) is 0 Å². The zero-order chi connectivity index (χ0) is 7.40. The third-order valence-corrected chi connectivity index (χ3v) is 1.25. The van der Waals surface area contributed by atoms with Crippen LogP contribution in [0.5, 0.6) is 0 Å². The fourth-order valence-corrected chi connectivity index (χ4v) is 0.742. The molecule has 0 amide bonds. The topological polar surface area (TPSA) is 17.3 Å². The lowest BCUT2D eigenvalue weighted by atomic mass is 10.5. The zero-order valence-electron chi connectivity index (χ0n) is 5.99. The predicted molar refractivity (Wildman–Crippen MR) is 41.2 cm³/mol. The van der Waals surface area contributed by atoms with E-state index in [-0.39, 0.29) is 0 Å². The van der Waals surface area contributed by atoms with Gasteiger partial charge in [-0.1, -0.05) is 12.6 Å². The molecule has 2 nitrogen and oxygen atoms in total. The summed E-state index contributed by atoms with van der Waals surface area (Å²) >= 11 is 0. The molecule has 52 valence electrons. The van der Waals surface area contributed by atoms with Gasteiger partial charge in [-0.3, -0.25) is 0 Å². The van der Waals surface area contributed by atoms with Crippen LogP contribution in [0.25, 0.3) is 0 Å². The van der Waals surface area contributed by atoms with Crippen LogP contribution in [0.4, 0.5) is 0 Å². The Balaban J connectivity index is 3.28. The van der Waals surface area contributed by atoms with Crippen LogP contribution in [0.15, 0.2) is 42.2 Å². The summed E-state index contributed by atoms with van der Waals surface area (Å²) in [7, 11) is 1.95. The van der Waals surface area contributed by atoms with E-state index in [2.05, 4.69) is 11.6 Å². The van der Waals surface area contributed by atoms with Crippen molar-refractivity contribution < 1.29 is 0 Å². The monoisotopic (exact) mass is 134 g/mol. The van der Waals surface area contributed by atoms with Crippen molar-refractivity contribution in [1.82, 2.24) is 4.57 Å². The molecule has 0 atom stereocenters. The molecule has 1 heterocycles. The van der Waals surface area contributed by atoms with E-state index >= 15 is 0 Å². The van der Waals surface area contributed by atoms with E-state index in [9.17, 15) is 0 Å². The molecule has 0 radical (unpaired) electrons. The lowest BCUT2D eigenvalue weighted by Crippen LogP contribution is -2.14. The molecule has 1 rings (SSSR count). The van der Waals surface area contributed by atoms with Gasteiger partial charge in [-0.05, 0) is 12.1 Å². The quantitative estimate of drug-likeness (QED) is 0.546. The lowest BCUT2D eigenvalue weighted by molar-refractivity contribution is 0.834. The molecule has 0 aliphatic heterocycles. The Morgan fingerprint density at radius 1 is 1.60 bits per heavy atom. The van der Waals surface area contributed by atoms with Gasteiger partial charge in [0.1, 0.15) is 5.49 Å². The minimum absolute atomic E-state index is 0.914. The van der Waals surface area contributed by atoms with Crippen LogP contribution in [0.2, 0.25) is 0 Å². The smallest absolute Gasteiger partial charge is 0.132 e. The molecule has 1 aromatic rings. The van der Waals surface area contributed by atoms with Gasteiger partial charge in [-0.2, -0.15) is 0 Å². The second-order valence-electron chi connectivity index (χ2n) is 1.98. The van der Waals surface area contributed by atoms with Gasteiger partial charge in [0.05, 0.1) is 0 Å². The average Bonchev–Trinajstić information content (AvgIpc) is 1.94. The largest absolute Gasteiger partial charge is 0.336 e. The number of hydrogen-bond donors (Lipinski definition) is 0. The van der Waals surface area contributed by atoms with Gasteiger partial charge in [0.25, 0.3) is 0 Å². The van der Waals surface area contributed by atoms with E-state index in [1.807, 2.05) is 36.0 Å². The molecule has 0 aliphatic carbocycles. The summed E-state index contributed by atoms with van der Waals surface area (Å²) in [5.74, 6) is 0. The maximum Gasteiger partial charge on any atom is 0.132 e. The molecule has 0 aliphatic rings. The molecule has 0 unspecified atom stereocenters. The molecule has 0 spiro atoms. The van der Waals surface area contributed by atoms with E-state index < -0.39 is 0 Å². The summed E-state index contributed by atoms with van der Waals surface area (Å²) in [6.07, 6.45) is 3.48. The Bertz CT molecular complexity index is 283. The Morgan fingerprint density at radius 2 is 2.40 bits per heavy atom. The molecule has 0 saturated heterocycles. The number of rotatable bonds is 1. The molecule has 0 aromatic carbocycles. The van der Waals surface area contributed by atoms with Crippen LogP contribution in [0.3, 0.4) is 0 Å². The van der Waals surface area contributed by atoms with Crippen LogP contribution in [0.1, 0.15) is 0 Å². The van der Waals surface area contributed by atoms with Crippen LogP contribution < -0.4 is 5.49 Å². The summed E-state index contributed by atoms with van der Waals surface area (Å²) < 4.78 is 1.93. The summed E-state index contributed by atoms with van der Waals surface area (Å²) in [5, 5.41) is 0. The van der Waals surface area contributed by atoms with Crippen molar-refractivity contribution in [2.45, 2.75) is 0 Å². The Labute approximate surface area is 60.2 Å². The highest BCUT2D eigenvalue weighted by atomic mass is 15.0. The minimum Gasteiger partial charge on any atom is -0.336 e. The Morgan fingerprint density at radius 3 is 3.00 bits per heavy atom. The number of aryl methyl sites for hydroxylation is 1. The maximum atomic E-state index is 4.03. The summed E-state index contributed by atoms with van der Waals surface area (Å²) in [6.45, 7) is 3.52. The van der Waals surface area contributed by atoms with Crippen LogP contribution in [0, 0.1) is 0 Å². The summed E-state index contributed by atoms with van der Waals surface area (Å²) in [6, 6.07) is 5.84. The van der Waals surface area contributed by atoms with E-state index in [1.54, 1.807) is 0 Å². The zero-order valence-corrected chi connectivity index (χ0v) is 5.99. The number of pyridine rings is 1. The van der Waals surface area contributed by atoms with Crippen molar-refractivity contribution in [2.75, 3.05) is 0 Å². The fraction of sp³-hybridized carbons (Fsp3) is 0.125. The molecule has 10 heavy (non-hydrogen) atoms. The van der Waals surface area contributed by atoms with Gasteiger partial charge >= 0.3 is 0 Å².